The Morgan fingerprint density at radius 3 is 1.22 bits per heavy atom. The van der Waals surface area contributed by atoms with E-state index in [1.807, 2.05) is 67.5 Å². The van der Waals surface area contributed by atoms with Gasteiger partial charge in [0.15, 0.2) is 0 Å². The molecule has 0 aliphatic heterocycles. The van der Waals surface area contributed by atoms with Gasteiger partial charge in [-0.25, -0.2) is 32.1 Å². The van der Waals surface area contributed by atoms with E-state index in [1.54, 1.807) is 106 Å². The van der Waals surface area contributed by atoms with E-state index in [-0.39, 0.29) is 53.4 Å². The van der Waals surface area contributed by atoms with Crippen LogP contribution in [0.5, 0.6) is 23.0 Å². The van der Waals surface area contributed by atoms with Crippen molar-refractivity contribution < 1.29 is 106 Å². The van der Waals surface area contributed by atoms with Crippen molar-refractivity contribution >= 4 is 70.7 Å². The maximum absolute atomic E-state index is 11.4. The molecule has 5 N–H and O–H groups in total. The Labute approximate surface area is 480 Å². The van der Waals surface area contributed by atoms with Gasteiger partial charge in [-0.05, 0) is 123 Å². The summed E-state index contributed by atoms with van der Waals surface area (Å²) in [5, 5.41) is 34.3. The number of esters is 3. The van der Waals surface area contributed by atoms with E-state index in [9.17, 15) is 19.2 Å². The normalized spacial score (nSPS) is 8.43. The quantitative estimate of drug-likeness (QED) is 0.00854. The van der Waals surface area contributed by atoms with Crippen LogP contribution in [-0.4, -0.2) is 76.1 Å². The number of hydrogen-bond donors (Lipinski definition) is 4. The molecule has 0 aliphatic rings. The van der Waals surface area contributed by atoms with Crippen molar-refractivity contribution in [1.82, 2.24) is 10.3 Å². The Hall–Kier alpha value is -5.93. The van der Waals surface area contributed by atoms with E-state index in [2.05, 4.69) is 72.8 Å². The summed E-state index contributed by atoms with van der Waals surface area (Å²) in [6.45, 7) is 22.1. The van der Waals surface area contributed by atoms with Gasteiger partial charge >= 0.3 is 47.5 Å². The van der Waals surface area contributed by atoms with Crippen molar-refractivity contribution in [3.8, 4) is 57.9 Å². The molecule has 25 heteroatoms. The van der Waals surface area contributed by atoms with Gasteiger partial charge in [-0.2, -0.15) is 0 Å². The zero-order chi connectivity index (χ0) is 58.4. The van der Waals surface area contributed by atoms with Crippen LogP contribution < -0.4 is 53.7 Å². The second kappa shape index (κ2) is 58.3. The van der Waals surface area contributed by atoms with Crippen molar-refractivity contribution in [3.63, 3.8) is 0 Å². The third-order valence-electron chi connectivity index (χ3n) is 7.19. The number of aldehydes is 1. The molecule has 4 aromatic carbocycles. The number of halogens is 1. The Morgan fingerprint density at radius 1 is 0.632 bits per heavy atom. The first-order valence-electron chi connectivity index (χ1n) is 22.6. The van der Waals surface area contributed by atoms with Gasteiger partial charge in [0.2, 0.25) is 11.5 Å². The molecule has 0 bridgehead atoms. The number of aromatic hydroxyl groups is 1. The molecule has 3 unspecified atom stereocenters. The van der Waals surface area contributed by atoms with Gasteiger partial charge in [0.1, 0.15) is 40.7 Å². The zero-order valence-corrected chi connectivity index (χ0v) is 51.1. The molecule has 414 valence electrons. The smallest absolute Gasteiger partial charge is 0.769 e. The Balaban J connectivity index is -0.000000196. The third kappa shape index (κ3) is 37.7. The fraction of sp³-hybridized carbons (Fsp3) is 0.275. The molecule has 0 radical (unpaired) electrons. The number of rotatable bonds is 12. The topological polar surface area (TPSA) is 298 Å². The minimum Gasteiger partial charge on any atom is -0.769 e. The van der Waals surface area contributed by atoms with Crippen LogP contribution in [0.15, 0.2) is 123 Å². The monoisotopic (exact) mass is 1150 g/mol. The number of aromatic nitrogens is 2. The molecule has 2 heterocycles. The summed E-state index contributed by atoms with van der Waals surface area (Å²) in [6, 6.07) is 30.7. The average molecular weight is 1150 g/mol. The Bertz CT molecular complexity index is 2370. The summed E-state index contributed by atoms with van der Waals surface area (Å²) in [5.41, 5.74) is 4.17. The van der Waals surface area contributed by atoms with E-state index < -0.39 is 17.9 Å². The molecule has 20 nitrogen and oxygen atoms in total. The number of phenols is 1. The van der Waals surface area contributed by atoms with Crippen LogP contribution in [0, 0.1) is 12.3 Å². The van der Waals surface area contributed by atoms with Gasteiger partial charge in [0.05, 0.1) is 54.4 Å². The fourth-order valence-electron chi connectivity index (χ4n) is 4.25. The minimum absolute atomic E-state index is 0. The predicted molar refractivity (Wildman–Crippen MR) is 299 cm³/mol. The van der Waals surface area contributed by atoms with Crippen molar-refractivity contribution in [2.24, 2.45) is 11.1 Å². The van der Waals surface area contributed by atoms with E-state index in [4.69, 9.17) is 52.3 Å². The summed E-state index contributed by atoms with van der Waals surface area (Å²) in [7, 11) is 6.46. The summed E-state index contributed by atoms with van der Waals surface area (Å²) < 4.78 is 46.1. The van der Waals surface area contributed by atoms with Gasteiger partial charge in [0, 0.05) is 34.7 Å². The Kier molecular flexibility index (Phi) is 62.5. The van der Waals surface area contributed by atoms with E-state index in [1.165, 1.54) is 24.4 Å². The molecule has 0 amide bonds. The molecule has 0 saturated carbocycles. The molecule has 76 heavy (non-hydrogen) atoms. The second-order valence-corrected chi connectivity index (χ2v) is 12.1. The molecular weight excluding hydrogens is 1080 g/mol. The molecular formula is C51H71ClN4NaO16P3. The molecule has 0 fully saturated rings. The van der Waals surface area contributed by atoms with E-state index in [0.29, 0.717) is 30.2 Å². The van der Waals surface area contributed by atoms with Gasteiger partial charge in [0.25, 0.3) is 0 Å². The van der Waals surface area contributed by atoms with Crippen LogP contribution in [0.4, 0.5) is 0 Å². The number of oxime groups is 1. The molecule has 0 aliphatic carbocycles. The van der Waals surface area contributed by atoms with Crippen molar-refractivity contribution in [3.05, 3.63) is 132 Å². The van der Waals surface area contributed by atoms with Crippen LogP contribution in [0.2, 0.25) is 0 Å². The van der Waals surface area contributed by atoms with Crippen LogP contribution in [0.1, 0.15) is 113 Å². The number of terminal acetylenes is 1. The molecule has 6 aromatic rings. The number of benzene rings is 4. The average Bonchev–Trinajstić information content (AvgIpc) is 4.20. The first-order valence-corrected chi connectivity index (χ1v) is 24.4. The SMILES string of the molecule is C#CC(=O)OCC.CC.CC.CC.CC.CCOC(=O)c1cc(-c2ccc(O)cc2)no1.CCOC(=O)c1cc(-c2ccc(OP)cc2)no1.NO.O/N=C/c1ccc(OP)cc1.O=Cc1ccc(OP)cc1.[Na+].[O-]Cl. The van der Waals surface area contributed by atoms with Crippen LogP contribution in [-0.2, 0) is 19.0 Å². The van der Waals surface area contributed by atoms with Crippen molar-refractivity contribution in [1.29, 1.82) is 0 Å². The van der Waals surface area contributed by atoms with E-state index >= 15 is 0 Å². The minimum atomic E-state index is -0.595. The zero-order valence-electron chi connectivity index (χ0n) is 44.9. The predicted octanol–water partition coefficient (Wildman–Crippen LogP) is 8.37. The third-order valence-corrected chi connectivity index (χ3v) is 8.01. The van der Waals surface area contributed by atoms with Gasteiger partial charge in [-0.15, -0.1) is 6.42 Å². The number of carbonyl (C=O) groups is 4. The standard InChI is InChI=1S/C12H12NO4P.C12H11NO4.C7H8NO2P.C7H7O2P.C5H6O2.4C2H6.ClO.H3NO.Na/c1-2-15-12(14)11-7-10(13-16-11)8-3-5-9(17-18)6-4-8;1-2-16-12(15)11-7-10(13-17-11)8-3-5-9(14)6-4-8;9-8-5-6-1-3-7(10-11)4-2-6;8-5-6-1-3-7(9-10)4-2-6;1-3-5(6)7-4-2;6*1-2;/h3-7H,2,18H2,1H3;3-7,14H,2H2,1H3;1-5,9H,11H2;1-5H,10H2;1H,4H2,2H3;4*1-2H3;;2H,1H2;/q;;;;;;;;;-1;;+1/b;;8-5+;;;;;;;;;. The number of nitrogens with two attached hydrogens (primary N) is 1. The van der Waals surface area contributed by atoms with Crippen molar-refractivity contribution in [2.45, 2.75) is 76.2 Å². The molecule has 6 rings (SSSR count). The largest absolute Gasteiger partial charge is 1.00 e. The summed E-state index contributed by atoms with van der Waals surface area (Å²) in [5.74, 6) is 6.20. The first kappa shape index (κ1) is 81.4. The molecule has 3 atom stereocenters. The summed E-state index contributed by atoms with van der Waals surface area (Å²) >= 11 is 3.39. The Morgan fingerprint density at radius 2 is 0.947 bits per heavy atom. The number of nitrogens with zero attached hydrogens (tertiary/aromatic N) is 3. The summed E-state index contributed by atoms with van der Waals surface area (Å²) in [6.07, 6.45) is 6.79. The molecule has 0 saturated heterocycles. The molecule has 2 aromatic heterocycles. The number of hydrogen-bond acceptors (Lipinski definition) is 20. The molecule has 0 spiro atoms. The summed E-state index contributed by atoms with van der Waals surface area (Å²) in [4.78, 5) is 42.9. The second-order valence-electron chi connectivity index (χ2n) is 11.4. The maximum Gasteiger partial charge on any atom is 1.00 e. The van der Waals surface area contributed by atoms with E-state index in [0.717, 1.165) is 40.2 Å². The van der Waals surface area contributed by atoms with Crippen LogP contribution in [0.3, 0.4) is 0 Å². The fourth-order valence-corrected chi connectivity index (χ4v) is 4.72. The number of ether oxygens (including phenoxy) is 3. The van der Waals surface area contributed by atoms with Gasteiger partial charge in [-0.3, -0.25) is 4.79 Å². The van der Waals surface area contributed by atoms with Gasteiger partial charge in [-0.1, -0.05) is 70.9 Å². The number of carbonyl (C=O) groups excluding carboxylic acids is 4. The first-order chi connectivity index (χ1) is 36.5. The van der Waals surface area contributed by atoms with Crippen molar-refractivity contribution in [2.75, 3.05) is 19.8 Å². The van der Waals surface area contributed by atoms with Gasteiger partial charge < -0.3 is 57.0 Å². The van der Waals surface area contributed by atoms with Crippen LogP contribution in [0.25, 0.3) is 22.5 Å². The van der Waals surface area contributed by atoms with Crippen LogP contribution >= 0.6 is 40.3 Å². The maximum atomic E-state index is 11.4. The number of phenolic OH excluding ortho intramolecular Hbond substituents is 1.